The van der Waals surface area contributed by atoms with E-state index in [1.807, 2.05) is 0 Å². The van der Waals surface area contributed by atoms with Gasteiger partial charge in [0.15, 0.2) is 0 Å². The van der Waals surface area contributed by atoms with Crippen LogP contribution in [0.25, 0.3) is 0 Å². The van der Waals surface area contributed by atoms with Gasteiger partial charge in [-0.25, -0.2) is 0 Å². The Morgan fingerprint density at radius 2 is 1.35 bits per heavy atom. The molecule has 2 aromatic rings. The molecule has 4 heteroatoms. The molecule has 0 amide bonds. The van der Waals surface area contributed by atoms with Crippen molar-refractivity contribution in [1.82, 2.24) is 0 Å². The minimum absolute atomic E-state index is 0.444. The Kier molecular flexibility index (Phi) is 4.42. The molecule has 0 saturated carbocycles. The SMILES string of the molecule is Cc1cc(C)c([I-]c2ccc(C(F)(F)F)cc2)c(C)c1. The van der Waals surface area contributed by atoms with Crippen molar-refractivity contribution in [3.63, 3.8) is 0 Å². The molecule has 0 saturated heterocycles. The molecule has 0 spiro atoms. The van der Waals surface area contributed by atoms with E-state index < -0.39 is 32.9 Å². The molecular weight excluding hydrogens is 376 g/mol. The van der Waals surface area contributed by atoms with Crippen molar-refractivity contribution < 1.29 is 34.4 Å². The summed E-state index contributed by atoms with van der Waals surface area (Å²) in [5.74, 6) is 0. The molecule has 108 valence electrons. The maximum absolute atomic E-state index is 12.5. The normalized spacial score (nSPS) is 11.9. The van der Waals surface area contributed by atoms with Crippen LogP contribution in [0.4, 0.5) is 13.2 Å². The van der Waals surface area contributed by atoms with E-state index in [-0.39, 0.29) is 0 Å². The fraction of sp³-hybridized carbons (Fsp3) is 0.250. The summed E-state index contributed by atoms with van der Waals surface area (Å²) >= 11 is -0.444. The Bertz CT molecular complexity index is 590. The molecule has 0 nitrogen and oxygen atoms in total. The third-order valence-corrected chi connectivity index (χ3v) is 6.54. The summed E-state index contributed by atoms with van der Waals surface area (Å²) in [5, 5.41) is 0. The molecule has 2 aromatic carbocycles. The summed E-state index contributed by atoms with van der Waals surface area (Å²) < 4.78 is 39.9. The Hall–Kier alpha value is -1.04. The van der Waals surface area contributed by atoms with E-state index in [1.54, 1.807) is 12.1 Å². The van der Waals surface area contributed by atoms with Crippen LogP contribution in [0, 0.1) is 27.9 Å². The van der Waals surface area contributed by atoms with Crippen molar-refractivity contribution in [2.75, 3.05) is 0 Å². The number of hydrogen-bond acceptors (Lipinski definition) is 0. The predicted molar refractivity (Wildman–Crippen MR) is 69.5 cm³/mol. The van der Waals surface area contributed by atoms with Gasteiger partial charge in [-0.1, -0.05) is 0 Å². The van der Waals surface area contributed by atoms with E-state index in [1.165, 1.54) is 32.4 Å². The van der Waals surface area contributed by atoms with Crippen LogP contribution in [0.2, 0.25) is 0 Å². The molecule has 0 unspecified atom stereocenters. The second kappa shape index (κ2) is 5.76. The third kappa shape index (κ3) is 3.53. The van der Waals surface area contributed by atoms with Crippen molar-refractivity contribution in [3.05, 3.63) is 65.8 Å². The molecule has 0 N–H and O–H groups in total. The zero-order valence-corrected chi connectivity index (χ0v) is 13.6. The third-order valence-electron chi connectivity index (χ3n) is 2.96. The van der Waals surface area contributed by atoms with Crippen molar-refractivity contribution >= 4 is 0 Å². The molecule has 0 aliphatic heterocycles. The number of alkyl halides is 3. The quantitative estimate of drug-likeness (QED) is 0.685. The summed E-state index contributed by atoms with van der Waals surface area (Å²) in [6.07, 6.45) is -4.26. The van der Waals surface area contributed by atoms with Gasteiger partial charge in [-0.3, -0.25) is 0 Å². The summed E-state index contributed by atoms with van der Waals surface area (Å²) in [5.41, 5.74) is 3.10. The maximum atomic E-state index is 12.5. The van der Waals surface area contributed by atoms with Gasteiger partial charge in [0, 0.05) is 0 Å². The van der Waals surface area contributed by atoms with Crippen molar-refractivity contribution in [2.24, 2.45) is 0 Å². The van der Waals surface area contributed by atoms with Crippen LogP contribution in [-0.2, 0) is 6.18 Å². The summed E-state index contributed by atoms with van der Waals surface area (Å²) in [7, 11) is 0. The number of benzene rings is 2. The zero-order chi connectivity index (χ0) is 14.9. The number of halogens is 4. The van der Waals surface area contributed by atoms with Crippen LogP contribution < -0.4 is 21.2 Å². The van der Waals surface area contributed by atoms with Gasteiger partial charge in [0.25, 0.3) is 0 Å². The second-order valence-electron chi connectivity index (χ2n) is 4.81. The van der Waals surface area contributed by atoms with Gasteiger partial charge in [0.1, 0.15) is 0 Å². The topological polar surface area (TPSA) is 0 Å². The molecular formula is C16H15F3I-. The minimum atomic E-state index is -4.26. The molecule has 0 bridgehead atoms. The average Bonchev–Trinajstić information content (AvgIpc) is 2.33. The van der Waals surface area contributed by atoms with Gasteiger partial charge in [0.05, 0.1) is 0 Å². The first-order chi connectivity index (χ1) is 9.27. The first-order valence-electron chi connectivity index (χ1n) is 6.17. The number of rotatable bonds is 2. The monoisotopic (exact) mass is 391 g/mol. The van der Waals surface area contributed by atoms with Crippen LogP contribution in [0.15, 0.2) is 36.4 Å². The Labute approximate surface area is 127 Å². The van der Waals surface area contributed by atoms with E-state index in [4.69, 9.17) is 0 Å². The van der Waals surface area contributed by atoms with Crippen molar-refractivity contribution in [1.29, 1.82) is 0 Å². The molecule has 0 atom stereocenters. The second-order valence-corrected chi connectivity index (χ2v) is 7.68. The summed E-state index contributed by atoms with van der Waals surface area (Å²) in [6, 6.07) is 9.82. The standard InChI is InChI=1S/C16H15F3I/c1-10-8-11(2)15(12(3)9-10)20-14-6-4-13(5-7-14)16(17,18)19/h4-9H,1-3H3/q-1. The van der Waals surface area contributed by atoms with Gasteiger partial charge in [-0.05, 0) is 0 Å². The fourth-order valence-corrected chi connectivity index (χ4v) is 4.63. The van der Waals surface area contributed by atoms with Gasteiger partial charge in [0.2, 0.25) is 0 Å². The Balaban J connectivity index is 2.27. The Morgan fingerprint density at radius 3 is 1.80 bits per heavy atom. The molecule has 0 fully saturated rings. The van der Waals surface area contributed by atoms with E-state index in [0.29, 0.717) is 0 Å². The summed E-state index contributed by atoms with van der Waals surface area (Å²) in [6.45, 7) is 6.19. The first-order valence-corrected chi connectivity index (χ1v) is 8.33. The van der Waals surface area contributed by atoms with Gasteiger partial charge < -0.3 is 0 Å². The van der Waals surface area contributed by atoms with Gasteiger partial charge >= 0.3 is 127 Å². The number of hydrogen-bond donors (Lipinski definition) is 0. The van der Waals surface area contributed by atoms with Gasteiger partial charge in [-0.15, -0.1) is 0 Å². The Morgan fingerprint density at radius 1 is 0.850 bits per heavy atom. The van der Waals surface area contributed by atoms with Crippen molar-refractivity contribution in [2.45, 2.75) is 26.9 Å². The molecule has 0 aromatic heterocycles. The number of aryl methyl sites for hydroxylation is 3. The van der Waals surface area contributed by atoms with Crippen LogP contribution in [0.3, 0.4) is 0 Å². The fourth-order valence-electron chi connectivity index (χ4n) is 2.12. The van der Waals surface area contributed by atoms with E-state index in [9.17, 15) is 13.2 Å². The molecule has 20 heavy (non-hydrogen) atoms. The van der Waals surface area contributed by atoms with Crippen LogP contribution in [0.1, 0.15) is 22.3 Å². The molecule has 0 radical (unpaired) electrons. The molecule has 2 rings (SSSR count). The van der Waals surface area contributed by atoms with E-state index in [2.05, 4.69) is 32.9 Å². The predicted octanol–water partition coefficient (Wildman–Crippen LogP) is 1.76. The van der Waals surface area contributed by atoms with Crippen molar-refractivity contribution in [3.8, 4) is 0 Å². The van der Waals surface area contributed by atoms with Crippen LogP contribution in [-0.4, -0.2) is 0 Å². The van der Waals surface area contributed by atoms with Crippen LogP contribution >= 0.6 is 0 Å². The molecule has 0 aliphatic rings. The summed E-state index contributed by atoms with van der Waals surface area (Å²) in [4.78, 5) is 0. The van der Waals surface area contributed by atoms with E-state index in [0.717, 1.165) is 3.57 Å². The van der Waals surface area contributed by atoms with E-state index >= 15 is 0 Å². The van der Waals surface area contributed by atoms with Gasteiger partial charge in [-0.2, -0.15) is 0 Å². The molecule has 0 aliphatic carbocycles. The first kappa shape index (κ1) is 15.4. The molecule has 0 heterocycles. The van der Waals surface area contributed by atoms with Crippen LogP contribution in [0.5, 0.6) is 0 Å². The average molecular weight is 391 g/mol. The zero-order valence-electron chi connectivity index (χ0n) is 11.5.